The van der Waals surface area contributed by atoms with Crippen molar-refractivity contribution >= 4 is 29.1 Å². The highest BCUT2D eigenvalue weighted by Crippen LogP contribution is 2.31. The highest BCUT2D eigenvalue weighted by Gasteiger charge is 2.25. The topological polar surface area (TPSA) is 87.5 Å². The number of piperazine rings is 1. The SMILES string of the molecule is Cc1onc(-c2ccccc2Cl)c1C(=O)Nc1ccc(C(C)C(=O)N2CCNCC2)cc1. The third-order valence-electron chi connectivity index (χ3n) is 5.69. The molecule has 1 saturated heterocycles. The normalized spacial score (nSPS) is 14.8. The number of nitrogens with zero attached hydrogens (tertiary/aromatic N) is 2. The fourth-order valence-electron chi connectivity index (χ4n) is 3.83. The number of aromatic nitrogens is 1. The molecule has 3 aromatic rings. The van der Waals surface area contributed by atoms with Gasteiger partial charge in [0, 0.05) is 37.4 Å². The average molecular weight is 453 g/mol. The summed E-state index contributed by atoms with van der Waals surface area (Å²) in [6.07, 6.45) is 0. The largest absolute Gasteiger partial charge is 0.360 e. The number of carbonyl (C=O) groups excluding carboxylic acids is 2. The van der Waals surface area contributed by atoms with E-state index < -0.39 is 0 Å². The van der Waals surface area contributed by atoms with Crippen LogP contribution in [0, 0.1) is 6.92 Å². The maximum atomic E-state index is 13.0. The molecule has 1 aliphatic rings. The Morgan fingerprint density at radius 1 is 1.12 bits per heavy atom. The molecule has 1 aliphatic heterocycles. The van der Waals surface area contributed by atoms with Gasteiger partial charge in [-0.2, -0.15) is 0 Å². The smallest absolute Gasteiger partial charge is 0.261 e. The number of rotatable bonds is 5. The molecule has 2 N–H and O–H groups in total. The minimum absolute atomic E-state index is 0.118. The van der Waals surface area contributed by atoms with E-state index in [4.69, 9.17) is 16.1 Å². The molecular formula is C24H25ClN4O3. The van der Waals surface area contributed by atoms with Crippen LogP contribution in [0.2, 0.25) is 5.02 Å². The van der Waals surface area contributed by atoms with Gasteiger partial charge in [-0.05, 0) is 37.6 Å². The average Bonchev–Trinajstić information content (AvgIpc) is 3.20. The molecule has 2 heterocycles. The zero-order valence-corrected chi connectivity index (χ0v) is 18.8. The van der Waals surface area contributed by atoms with Crippen molar-refractivity contribution in [3.05, 3.63) is 70.4 Å². The van der Waals surface area contributed by atoms with Crippen molar-refractivity contribution in [1.82, 2.24) is 15.4 Å². The zero-order chi connectivity index (χ0) is 22.7. The summed E-state index contributed by atoms with van der Waals surface area (Å²) in [4.78, 5) is 27.7. The van der Waals surface area contributed by atoms with Crippen molar-refractivity contribution in [1.29, 1.82) is 0 Å². The van der Waals surface area contributed by atoms with E-state index in [2.05, 4.69) is 15.8 Å². The van der Waals surface area contributed by atoms with Crippen LogP contribution in [0.25, 0.3) is 11.3 Å². The molecule has 166 valence electrons. The molecule has 0 radical (unpaired) electrons. The number of carbonyl (C=O) groups is 2. The fourth-order valence-corrected chi connectivity index (χ4v) is 4.05. The number of hydrogen-bond donors (Lipinski definition) is 2. The molecule has 0 aliphatic carbocycles. The zero-order valence-electron chi connectivity index (χ0n) is 18.0. The molecule has 1 aromatic heterocycles. The van der Waals surface area contributed by atoms with Crippen LogP contribution in [0.1, 0.15) is 34.5 Å². The third-order valence-corrected chi connectivity index (χ3v) is 6.02. The lowest BCUT2D eigenvalue weighted by molar-refractivity contribution is -0.133. The first-order chi connectivity index (χ1) is 15.5. The lowest BCUT2D eigenvalue weighted by Crippen LogP contribution is -2.47. The molecule has 2 amide bonds. The number of amides is 2. The predicted octanol–water partition coefficient (Wildman–Crippen LogP) is 4.09. The second kappa shape index (κ2) is 9.54. The first-order valence-corrected chi connectivity index (χ1v) is 11.0. The Morgan fingerprint density at radius 3 is 2.50 bits per heavy atom. The van der Waals surface area contributed by atoms with Gasteiger partial charge in [-0.3, -0.25) is 9.59 Å². The van der Waals surface area contributed by atoms with Crippen LogP contribution < -0.4 is 10.6 Å². The van der Waals surface area contributed by atoms with Crippen LogP contribution >= 0.6 is 11.6 Å². The Kier molecular flexibility index (Phi) is 6.58. The molecule has 1 unspecified atom stereocenters. The van der Waals surface area contributed by atoms with Gasteiger partial charge < -0.3 is 20.1 Å². The molecular weight excluding hydrogens is 428 g/mol. The van der Waals surface area contributed by atoms with Crippen LogP contribution in [-0.4, -0.2) is 48.0 Å². The van der Waals surface area contributed by atoms with Gasteiger partial charge in [0.15, 0.2) is 0 Å². The van der Waals surface area contributed by atoms with E-state index in [1.807, 2.05) is 36.1 Å². The van der Waals surface area contributed by atoms with Gasteiger partial charge in [-0.25, -0.2) is 0 Å². The Morgan fingerprint density at radius 2 is 1.81 bits per heavy atom. The number of anilines is 1. The molecule has 2 aromatic carbocycles. The second-order valence-electron chi connectivity index (χ2n) is 7.82. The summed E-state index contributed by atoms with van der Waals surface area (Å²) in [6, 6.07) is 14.5. The monoisotopic (exact) mass is 452 g/mol. The summed E-state index contributed by atoms with van der Waals surface area (Å²) >= 11 is 6.29. The van der Waals surface area contributed by atoms with Crippen molar-refractivity contribution in [2.75, 3.05) is 31.5 Å². The minimum Gasteiger partial charge on any atom is -0.360 e. The van der Waals surface area contributed by atoms with Crippen molar-refractivity contribution in [3.63, 3.8) is 0 Å². The minimum atomic E-state index is -0.337. The summed E-state index contributed by atoms with van der Waals surface area (Å²) < 4.78 is 5.28. The van der Waals surface area contributed by atoms with Crippen LogP contribution in [0.5, 0.6) is 0 Å². The standard InChI is InChI=1S/C24H25ClN4O3/c1-15(24(31)29-13-11-26-12-14-29)17-7-9-18(10-8-17)27-23(30)21-16(2)32-28-22(21)19-5-3-4-6-20(19)25/h3-10,15,26H,11-14H2,1-2H3,(H,27,30). The van der Waals surface area contributed by atoms with Gasteiger partial charge in [-0.15, -0.1) is 0 Å². The van der Waals surface area contributed by atoms with Gasteiger partial charge in [0.05, 0.1) is 10.9 Å². The number of halogens is 1. The van der Waals surface area contributed by atoms with Gasteiger partial charge in [-0.1, -0.05) is 47.1 Å². The van der Waals surface area contributed by atoms with Crippen LogP contribution in [0.15, 0.2) is 53.1 Å². The van der Waals surface area contributed by atoms with Crippen molar-refractivity contribution in [3.8, 4) is 11.3 Å². The Balaban J connectivity index is 1.49. The Hall–Kier alpha value is -3.16. The molecule has 1 fully saturated rings. The Bertz CT molecular complexity index is 1120. The molecule has 0 saturated carbocycles. The molecule has 8 heteroatoms. The lowest BCUT2D eigenvalue weighted by atomic mass is 9.99. The molecule has 1 atom stereocenters. The molecule has 4 rings (SSSR count). The van der Waals surface area contributed by atoms with Gasteiger partial charge in [0.1, 0.15) is 17.0 Å². The van der Waals surface area contributed by atoms with E-state index in [1.54, 1.807) is 31.2 Å². The number of benzene rings is 2. The summed E-state index contributed by atoms with van der Waals surface area (Å²) in [5.74, 6) is -0.0570. The van der Waals surface area contributed by atoms with E-state index >= 15 is 0 Å². The molecule has 7 nitrogen and oxygen atoms in total. The Labute approximate surface area is 191 Å². The number of aryl methyl sites for hydroxylation is 1. The van der Waals surface area contributed by atoms with Gasteiger partial charge in [0.25, 0.3) is 5.91 Å². The maximum Gasteiger partial charge on any atom is 0.261 e. The van der Waals surface area contributed by atoms with Crippen molar-refractivity contribution in [2.24, 2.45) is 0 Å². The quantitative estimate of drug-likeness (QED) is 0.608. The number of hydrogen-bond acceptors (Lipinski definition) is 5. The summed E-state index contributed by atoms with van der Waals surface area (Å²) in [5, 5.41) is 10.7. The van der Waals surface area contributed by atoms with Crippen molar-refractivity contribution in [2.45, 2.75) is 19.8 Å². The van der Waals surface area contributed by atoms with E-state index in [0.717, 1.165) is 31.7 Å². The number of nitrogens with one attached hydrogen (secondary N) is 2. The van der Waals surface area contributed by atoms with Crippen LogP contribution in [-0.2, 0) is 4.79 Å². The highest BCUT2D eigenvalue weighted by atomic mass is 35.5. The second-order valence-corrected chi connectivity index (χ2v) is 8.22. The maximum absolute atomic E-state index is 13.0. The molecule has 32 heavy (non-hydrogen) atoms. The summed E-state index contributed by atoms with van der Waals surface area (Å²) in [7, 11) is 0. The van der Waals surface area contributed by atoms with E-state index in [9.17, 15) is 9.59 Å². The van der Waals surface area contributed by atoms with Gasteiger partial charge in [0.2, 0.25) is 5.91 Å². The van der Waals surface area contributed by atoms with E-state index in [1.165, 1.54) is 0 Å². The van der Waals surface area contributed by atoms with Crippen molar-refractivity contribution < 1.29 is 14.1 Å². The summed E-state index contributed by atoms with van der Waals surface area (Å²) in [6.45, 7) is 6.69. The first-order valence-electron chi connectivity index (χ1n) is 10.6. The predicted molar refractivity (Wildman–Crippen MR) is 124 cm³/mol. The summed E-state index contributed by atoms with van der Waals surface area (Å²) in [5.41, 5.74) is 2.89. The third kappa shape index (κ3) is 4.54. The van der Waals surface area contributed by atoms with Gasteiger partial charge >= 0.3 is 0 Å². The van der Waals surface area contributed by atoms with E-state index in [0.29, 0.717) is 33.3 Å². The first kappa shape index (κ1) is 22.0. The molecule has 0 bridgehead atoms. The van der Waals surface area contributed by atoms with E-state index in [-0.39, 0.29) is 17.7 Å². The highest BCUT2D eigenvalue weighted by molar-refractivity contribution is 6.33. The lowest BCUT2D eigenvalue weighted by Gasteiger charge is -2.30. The van der Waals surface area contributed by atoms with Crippen LogP contribution in [0.3, 0.4) is 0 Å². The molecule has 0 spiro atoms. The van der Waals surface area contributed by atoms with Crippen LogP contribution in [0.4, 0.5) is 5.69 Å². The fraction of sp³-hybridized carbons (Fsp3) is 0.292.